The molecule has 1 aliphatic rings. The third kappa shape index (κ3) is 4.29. The zero-order chi connectivity index (χ0) is 15.2. The molecular weight excluding hydrogens is 292 g/mol. The molecule has 0 bridgehead atoms. The van der Waals surface area contributed by atoms with Gasteiger partial charge in [-0.2, -0.15) is 0 Å². The number of carbonyl (C=O) groups is 1. The van der Waals surface area contributed by atoms with Gasteiger partial charge in [0.25, 0.3) is 0 Å². The van der Waals surface area contributed by atoms with E-state index in [4.69, 9.17) is 0 Å². The number of para-hydroxylation sites is 1. The molecule has 1 aromatic carbocycles. The van der Waals surface area contributed by atoms with E-state index in [0.717, 1.165) is 29.9 Å². The monoisotopic (exact) mass is 316 g/mol. The van der Waals surface area contributed by atoms with Gasteiger partial charge in [-0.3, -0.25) is 4.79 Å². The molecule has 0 aliphatic heterocycles. The quantitative estimate of drug-likeness (QED) is 0.862. The van der Waals surface area contributed by atoms with Crippen LogP contribution in [-0.2, 0) is 11.2 Å². The van der Waals surface area contributed by atoms with Gasteiger partial charge in [0, 0.05) is 13.0 Å². The summed E-state index contributed by atoms with van der Waals surface area (Å²) in [5, 5.41) is 4.25. The summed E-state index contributed by atoms with van der Waals surface area (Å²) in [4.78, 5) is 16.5. The number of fused-ring (bicyclic) bond motifs is 1. The molecule has 1 amide bonds. The fraction of sp³-hybridized carbons (Fsp3) is 0.556. The van der Waals surface area contributed by atoms with Crippen molar-refractivity contribution in [3.05, 3.63) is 29.3 Å². The van der Waals surface area contributed by atoms with Gasteiger partial charge in [0.05, 0.1) is 15.2 Å². The van der Waals surface area contributed by atoms with Crippen molar-refractivity contribution in [3.8, 4) is 0 Å². The normalized spacial score (nSPS) is 16.0. The van der Waals surface area contributed by atoms with E-state index >= 15 is 0 Å². The van der Waals surface area contributed by atoms with Gasteiger partial charge >= 0.3 is 0 Å². The largest absolute Gasteiger partial charge is 0.356 e. The van der Waals surface area contributed by atoms with Gasteiger partial charge in [0.1, 0.15) is 0 Å². The van der Waals surface area contributed by atoms with Crippen LogP contribution in [0.15, 0.2) is 24.3 Å². The van der Waals surface area contributed by atoms with Crippen LogP contribution >= 0.6 is 11.3 Å². The Labute approximate surface area is 136 Å². The highest BCUT2D eigenvalue weighted by Gasteiger charge is 2.14. The maximum absolute atomic E-state index is 11.9. The van der Waals surface area contributed by atoms with Gasteiger partial charge in [0.15, 0.2) is 0 Å². The summed E-state index contributed by atoms with van der Waals surface area (Å²) in [5.74, 6) is 0.911. The highest BCUT2D eigenvalue weighted by Crippen LogP contribution is 2.23. The number of amides is 1. The molecule has 22 heavy (non-hydrogen) atoms. The van der Waals surface area contributed by atoms with Crippen LogP contribution in [0.2, 0.25) is 0 Å². The lowest BCUT2D eigenvalue weighted by Gasteiger charge is -2.21. The highest BCUT2D eigenvalue weighted by molar-refractivity contribution is 7.18. The summed E-state index contributed by atoms with van der Waals surface area (Å²) in [7, 11) is 0. The molecule has 1 fully saturated rings. The first kappa shape index (κ1) is 15.5. The molecule has 118 valence electrons. The van der Waals surface area contributed by atoms with Crippen LogP contribution in [0.3, 0.4) is 0 Å². The first-order valence-electron chi connectivity index (χ1n) is 8.42. The Balaban J connectivity index is 1.37. The molecule has 0 radical (unpaired) electrons. The Kier molecular flexibility index (Phi) is 5.43. The third-order valence-electron chi connectivity index (χ3n) is 4.45. The number of nitrogens with one attached hydrogen (secondary N) is 1. The topological polar surface area (TPSA) is 42.0 Å². The van der Waals surface area contributed by atoms with Gasteiger partial charge in [0.2, 0.25) is 5.91 Å². The van der Waals surface area contributed by atoms with E-state index in [2.05, 4.69) is 16.4 Å². The van der Waals surface area contributed by atoms with Gasteiger partial charge in [-0.25, -0.2) is 4.98 Å². The number of aromatic nitrogens is 1. The lowest BCUT2D eigenvalue weighted by atomic mass is 9.89. The van der Waals surface area contributed by atoms with Crippen molar-refractivity contribution in [3.63, 3.8) is 0 Å². The number of hydrogen-bond donors (Lipinski definition) is 1. The van der Waals surface area contributed by atoms with E-state index in [0.29, 0.717) is 12.3 Å². The van der Waals surface area contributed by atoms with E-state index in [1.165, 1.54) is 36.8 Å². The molecule has 3 rings (SSSR count). The second-order valence-electron chi connectivity index (χ2n) is 6.24. The molecule has 0 saturated heterocycles. The van der Waals surface area contributed by atoms with E-state index in [9.17, 15) is 4.79 Å². The predicted molar refractivity (Wildman–Crippen MR) is 92.1 cm³/mol. The van der Waals surface area contributed by atoms with Gasteiger partial charge in [-0.1, -0.05) is 31.4 Å². The number of carbonyl (C=O) groups excluding carboxylic acids is 1. The Hall–Kier alpha value is -1.42. The summed E-state index contributed by atoms with van der Waals surface area (Å²) in [5.41, 5.74) is 1.07. The number of aryl methyl sites for hydroxylation is 1. The van der Waals surface area contributed by atoms with Crippen LogP contribution in [0.25, 0.3) is 10.2 Å². The van der Waals surface area contributed by atoms with Crippen LogP contribution in [0, 0.1) is 5.92 Å². The number of rotatable bonds is 6. The summed E-state index contributed by atoms with van der Waals surface area (Å²) < 4.78 is 1.24. The zero-order valence-electron chi connectivity index (χ0n) is 13.0. The molecule has 0 atom stereocenters. The first-order valence-corrected chi connectivity index (χ1v) is 9.24. The maximum Gasteiger partial charge on any atom is 0.220 e. The summed E-state index contributed by atoms with van der Waals surface area (Å²) in [6, 6.07) is 8.22. The molecule has 2 aromatic rings. The first-order chi connectivity index (χ1) is 10.8. The fourth-order valence-corrected chi connectivity index (χ4v) is 4.17. The number of nitrogens with zero attached hydrogens (tertiary/aromatic N) is 1. The van der Waals surface area contributed by atoms with E-state index in [-0.39, 0.29) is 5.91 Å². The lowest BCUT2D eigenvalue weighted by Crippen LogP contribution is -2.30. The molecule has 0 unspecified atom stereocenters. The number of thiazole rings is 1. The second kappa shape index (κ2) is 7.73. The standard InChI is InChI=1S/C18H24N2OS/c21-17(19-13-14-7-2-1-3-8-14)11-6-12-18-20-15-9-4-5-10-16(15)22-18/h4-5,9-10,14H,1-3,6-8,11-13H2,(H,19,21). The average Bonchev–Trinajstić information content (AvgIpc) is 2.96. The third-order valence-corrected chi connectivity index (χ3v) is 5.54. The highest BCUT2D eigenvalue weighted by atomic mass is 32.1. The van der Waals surface area contributed by atoms with Gasteiger partial charge in [-0.05, 0) is 43.7 Å². The molecule has 1 heterocycles. The Bertz CT molecular complexity index is 583. The van der Waals surface area contributed by atoms with Crippen molar-refractivity contribution in [2.24, 2.45) is 5.92 Å². The van der Waals surface area contributed by atoms with Crippen molar-refractivity contribution >= 4 is 27.5 Å². The Morgan fingerprint density at radius 2 is 2.05 bits per heavy atom. The van der Waals surface area contributed by atoms with Gasteiger partial charge in [-0.15, -0.1) is 11.3 Å². The lowest BCUT2D eigenvalue weighted by molar-refractivity contribution is -0.121. The zero-order valence-corrected chi connectivity index (χ0v) is 13.8. The minimum Gasteiger partial charge on any atom is -0.356 e. The van der Waals surface area contributed by atoms with Gasteiger partial charge < -0.3 is 5.32 Å². The molecular formula is C18H24N2OS. The molecule has 4 heteroatoms. The second-order valence-corrected chi connectivity index (χ2v) is 7.35. The maximum atomic E-state index is 11.9. The fourth-order valence-electron chi connectivity index (χ4n) is 3.16. The number of hydrogen-bond acceptors (Lipinski definition) is 3. The molecule has 1 aromatic heterocycles. The minimum absolute atomic E-state index is 0.201. The Morgan fingerprint density at radius 3 is 2.86 bits per heavy atom. The average molecular weight is 316 g/mol. The summed E-state index contributed by atoms with van der Waals surface area (Å²) in [6.07, 6.45) is 9.00. The molecule has 0 spiro atoms. The summed E-state index contributed by atoms with van der Waals surface area (Å²) in [6.45, 7) is 0.875. The molecule has 1 N–H and O–H groups in total. The van der Waals surface area contributed by atoms with Crippen molar-refractivity contribution < 1.29 is 4.79 Å². The minimum atomic E-state index is 0.201. The number of benzene rings is 1. The molecule has 1 saturated carbocycles. The van der Waals surface area contributed by atoms with E-state index < -0.39 is 0 Å². The van der Waals surface area contributed by atoms with Crippen LogP contribution in [0.1, 0.15) is 50.0 Å². The summed E-state index contributed by atoms with van der Waals surface area (Å²) >= 11 is 1.74. The van der Waals surface area contributed by atoms with Crippen LogP contribution in [-0.4, -0.2) is 17.4 Å². The van der Waals surface area contributed by atoms with Crippen LogP contribution < -0.4 is 5.32 Å². The van der Waals surface area contributed by atoms with E-state index in [1.54, 1.807) is 11.3 Å². The smallest absolute Gasteiger partial charge is 0.220 e. The Morgan fingerprint density at radius 1 is 1.23 bits per heavy atom. The SMILES string of the molecule is O=C(CCCc1nc2ccccc2s1)NCC1CCCCC1. The predicted octanol–water partition coefficient (Wildman–Crippen LogP) is 4.32. The van der Waals surface area contributed by atoms with Crippen LogP contribution in [0.4, 0.5) is 0 Å². The van der Waals surface area contributed by atoms with Crippen molar-refractivity contribution in [1.82, 2.24) is 10.3 Å². The van der Waals surface area contributed by atoms with E-state index in [1.807, 2.05) is 18.2 Å². The van der Waals surface area contributed by atoms with Crippen molar-refractivity contribution in [2.75, 3.05) is 6.54 Å². The van der Waals surface area contributed by atoms with Crippen LogP contribution in [0.5, 0.6) is 0 Å². The van der Waals surface area contributed by atoms with Crippen molar-refractivity contribution in [1.29, 1.82) is 0 Å². The van der Waals surface area contributed by atoms with Crippen molar-refractivity contribution in [2.45, 2.75) is 51.4 Å². The molecule has 1 aliphatic carbocycles. The molecule has 3 nitrogen and oxygen atoms in total.